The zero-order chi connectivity index (χ0) is 13.0. The van der Waals surface area contributed by atoms with Gasteiger partial charge in [-0.15, -0.1) is 0 Å². The van der Waals surface area contributed by atoms with Gasteiger partial charge >= 0.3 is 5.69 Å². The highest BCUT2D eigenvalue weighted by Crippen LogP contribution is 2.27. The number of nitro groups is 1. The number of ether oxygens (including phenoxy) is 1. The standard InChI is InChI=1S/C12H15FN2O3/c13-10-4-1-5-11(12(10)15(16)17)14-7-6-9-3-2-8-18-9/h1,4-5,9,14H,2-3,6-8H2. The Labute approximate surface area is 104 Å². The SMILES string of the molecule is O=[N+]([O-])c1c(F)cccc1NCCC1CCCO1. The van der Waals surface area contributed by atoms with Crippen LogP contribution in [0.15, 0.2) is 18.2 Å². The molecule has 0 spiro atoms. The summed E-state index contributed by atoms with van der Waals surface area (Å²) in [6.07, 6.45) is 3.07. The molecule has 1 N–H and O–H groups in total. The van der Waals surface area contributed by atoms with Gasteiger partial charge < -0.3 is 10.1 Å². The first-order valence-corrected chi connectivity index (χ1v) is 5.97. The van der Waals surface area contributed by atoms with Gasteiger partial charge in [0.2, 0.25) is 5.82 Å². The van der Waals surface area contributed by atoms with E-state index in [-0.39, 0.29) is 11.8 Å². The second-order valence-electron chi connectivity index (χ2n) is 4.24. The zero-order valence-electron chi connectivity index (χ0n) is 9.89. The summed E-state index contributed by atoms with van der Waals surface area (Å²) >= 11 is 0. The predicted molar refractivity (Wildman–Crippen MR) is 65.1 cm³/mol. The quantitative estimate of drug-likeness (QED) is 0.648. The molecule has 1 aliphatic heterocycles. The molecule has 5 nitrogen and oxygen atoms in total. The predicted octanol–water partition coefficient (Wildman–Crippen LogP) is 2.71. The maximum absolute atomic E-state index is 13.3. The Kier molecular flexibility index (Phi) is 4.09. The Bertz CT molecular complexity index is 433. The number of nitrogens with one attached hydrogen (secondary N) is 1. The van der Waals surface area contributed by atoms with Crippen LogP contribution in [0, 0.1) is 15.9 Å². The summed E-state index contributed by atoms with van der Waals surface area (Å²) in [6, 6.07) is 4.05. The molecule has 1 aromatic carbocycles. The third-order valence-corrected chi connectivity index (χ3v) is 2.98. The van der Waals surface area contributed by atoms with Gasteiger partial charge in [0.1, 0.15) is 5.69 Å². The Balaban J connectivity index is 1.96. The monoisotopic (exact) mass is 254 g/mol. The minimum atomic E-state index is -0.817. The van der Waals surface area contributed by atoms with Crippen molar-refractivity contribution in [3.8, 4) is 0 Å². The van der Waals surface area contributed by atoms with Crippen LogP contribution in [0.2, 0.25) is 0 Å². The Morgan fingerprint density at radius 1 is 1.56 bits per heavy atom. The summed E-state index contributed by atoms with van der Waals surface area (Å²) in [6.45, 7) is 1.32. The fraction of sp³-hybridized carbons (Fsp3) is 0.500. The average molecular weight is 254 g/mol. The molecule has 1 fully saturated rings. The van der Waals surface area contributed by atoms with Crippen LogP contribution in [0.3, 0.4) is 0 Å². The molecule has 98 valence electrons. The van der Waals surface area contributed by atoms with Crippen molar-refractivity contribution >= 4 is 11.4 Å². The first-order valence-electron chi connectivity index (χ1n) is 5.97. The van der Waals surface area contributed by atoms with E-state index < -0.39 is 16.4 Å². The van der Waals surface area contributed by atoms with Crippen molar-refractivity contribution in [1.29, 1.82) is 0 Å². The molecular formula is C12H15FN2O3. The smallest absolute Gasteiger partial charge is 0.327 e. The second-order valence-corrected chi connectivity index (χ2v) is 4.24. The fourth-order valence-corrected chi connectivity index (χ4v) is 2.08. The van der Waals surface area contributed by atoms with Gasteiger partial charge in [-0.2, -0.15) is 4.39 Å². The van der Waals surface area contributed by atoms with E-state index in [1.165, 1.54) is 12.1 Å². The van der Waals surface area contributed by atoms with Crippen molar-refractivity contribution in [2.45, 2.75) is 25.4 Å². The number of nitrogens with zero attached hydrogens (tertiary/aromatic N) is 1. The summed E-state index contributed by atoms with van der Waals surface area (Å²) in [4.78, 5) is 10.1. The van der Waals surface area contributed by atoms with E-state index in [0.717, 1.165) is 31.9 Å². The van der Waals surface area contributed by atoms with Crippen LogP contribution in [0.1, 0.15) is 19.3 Å². The lowest BCUT2D eigenvalue weighted by molar-refractivity contribution is -0.386. The average Bonchev–Trinajstić information content (AvgIpc) is 2.81. The van der Waals surface area contributed by atoms with E-state index in [4.69, 9.17) is 4.74 Å². The van der Waals surface area contributed by atoms with Crippen LogP contribution in [0.4, 0.5) is 15.8 Å². The molecule has 0 radical (unpaired) electrons. The van der Waals surface area contributed by atoms with Crippen molar-refractivity contribution < 1.29 is 14.1 Å². The second kappa shape index (κ2) is 5.77. The number of hydrogen-bond acceptors (Lipinski definition) is 4. The van der Waals surface area contributed by atoms with Gasteiger partial charge in [0.25, 0.3) is 0 Å². The van der Waals surface area contributed by atoms with E-state index >= 15 is 0 Å². The minimum Gasteiger partial charge on any atom is -0.379 e. The zero-order valence-corrected chi connectivity index (χ0v) is 9.89. The molecule has 1 aromatic rings. The van der Waals surface area contributed by atoms with E-state index in [2.05, 4.69) is 5.32 Å². The summed E-state index contributed by atoms with van der Waals surface area (Å²) in [5, 5.41) is 13.7. The lowest BCUT2D eigenvalue weighted by Crippen LogP contribution is -2.13. The summed E-state index contributed by atoms with van der Waals surface area (Å²) in [5.41, 5.74) is -0.275. The molecule has 6 heteroatoms. The molecule has 0 saturated carbocycles. The molecule has 1 atom stereocenters. The van der Waals surface area contributed by atoms with Crippen molar-refractivity contribution in [2.24, 2.45) is 0 Å². The van der Waals surface area contributed by atoms with Crippen LogP contribution in [-0.2, 0) is 4.74 Å². The summed E-state index contributed by atoms with van der Waals surface area (Å²) < 4.78 is 18.8. The van der Waals surface area contributed by atoms with Crippen LogP contribution < -0.4 is 5.32 Å². The van der Waals surface area contributed by atoms with Crippen molar-refractivity contribution in [1.82, 2.24) is 0 Å². The lowest BCUT2D eigenvalue weighted by atomic mass is 10.2. The summed E-state index contributed by atoms with van der Waals surface area (Å²) in [5.74, 6) is -0.817. The van der Waals surface area contributed by atoms with Gasteiger partial charge in [0.15, 0.2) is 0 Å². The van der Waals surface area contributed by atoms with Gasteiger partial charge in [-0.25, -0.2) is 0 Å². The van der Waals surface area contributed by atoms with Gasteiger partial charge in [-0.1, -0.05) is 6.07 Å². The van der Waals surface area contributed by atoms with Crippen LogP contribution in [0.25, 0.3) is 0 Å². The molecule has 18 heavy (non-hydrogen) atoms. The molecule has 0 amide bonds. The normalized spacial score (nSPS) is 18.8. The van der Waals surface area contributed by atoms with E-state index in [1.54, 1.807) is 0 Å². The van der Waals surface area contributed by atoms with Gasteiger partial charge in [-0.3, -0.25) is 10.1 Å². The maximum Gasteiger partial charge on any atom is 0.327 e. The van der Waals surface area contributed by atoms with E-state index in [9.17, 15) is 14.5 Å². The third-order valence-electron chi connectivity index (χ3n) is 2.98. The molecule has 1 saturated heterocycles. The molecule has 1 unspecified atom stereocenters. The number of halogens is 1. The van der Waals surface area contributed by atoms with E-state index in [0.29, 0.717) is 6.54 Å². The molecule has 0 aliphatic carbocycles. The Hall–Kier alpha value is -1.69. The van der Waals surface area contributed by atoms with E-state index in [1.807, 2.05) is 0 Å². The van der Waals surface area contributed by atoms with Crippen LogP contribution >= 0.6 is 0 Å². The number of benzene rings is 1. The number of anilines is 1. The fourth-order valence-electron chi connectivity index (χ4n) is 2.08. The Morgan fingerprint density at radius 3 is 3.06 bits per heavy atom. The van der Waals surface area contributed by atoms with Crippen LogP contribution in [0.5, 0.6) is 0 Å². The van der Waals surface area contributed by atoms with Crippen molar-refractivity contribution in [3.63, 3.8) is 0 Å². The molecule has 0 aromatic heterocycles. The van der Waals surface area contributed by atoms with Crippen molar-refractivity contribution in [2.75, 3.05) is 18.5 Å². The van der Waals surface area contributed by atoms with Gasteiger partial charge in [-0.05, 0) is 31.4 Å². The lowest BCUT2D eigenvalue weighted by Gasteiger charge is -2.11. The highest BCUT2D eigenvalue weighted by Gasteiger charge is 2.20. The molecular weight excluding hydrogens is 239 g/mol. The Morgan fingerprint density at radius 2 is 2.39 bits per heavy atom. The largest absolute Gasteiger partial charge is 0.379 e. The van der Waals surface area contributed by atoms with Crippen molar-refractivity contribution in [3.05, 3.63) is 34.1 Å². The van der Waals surface area contributed by atoms with Gasteiger partial charge in [0, 0.05) is 13.2 Å². The molecule has 2 rings (SSSR count). The minimum absolute atomic E-state index is 0.213. The third kappa shape index (κ3) is 2.95. The molecule has 1 aliphatic rings. The number of rotatable bonds is 5. The summed E-state index contributed by atoms with van der Waals surface area (Å²) in [7, 11) is 0. The highest BCUT2D eigenvalue weighted by atomic mass is 19.1. The topological polar surface area (TPSA) is 64.4 Å². The first kappa shape index (κ1) is 12.8. The molecule has 1 heterocycles. The number of hydrogen-bond donors (Lipinski definition) is 1. The molecule has 0 bridgehead atoms. The maximum atomic E-state index is 13.3. The number of para-hydroxylation sites is 1. The highest BCUT2D eigenvalue weighted by molar-refractivity contribution is 5.61. The van der Waals surface area contributed by atoms with Gasteiger partial charge in [0.05, 0.1) is 11.0 Å². The first-order chi connectivity index (χ1) is 8.68. The number of nitro benzene ring substituents is 1. The van der Waals surface area contributed by atoms with Crippen LogP contribution in [-0.4, -0.2) is 24.2 Å².